The molecule has 118 valence electrons. The first-order valence-corrected chi connectivity index (χ1v) is 8.65. The van der Waals surface area contributed by atoms with Gasteiger partial charge in [0.2, 0.25) is 0 Å². The number of hydrogen-bond donors (Lipinski definition) is 2. The maximum absolute atomic E-state index is 6.06. The van der Waals surface area contributed by atoms with Crippen LogP contribution in [-0.2, 0) is 6.54 Å². The first-order chi connectivity index (χ1) is 11.3. The molecular weight excluding hydrogens is 306 g/mol. The Morgan fingerprint density at radius 3 is 2.87 bits per heavy atom. The van der Waals surface area contributed by atoms with Crippen LogP contribution in [0, 0.1) is 0 Å². The molecule has 2 aromatic heterocycles. The number of fused-ring (bicyclic) bond motifs is 1. The van der Waals surface area contributed by atoms with E-state index in [4.69, 9.17) is 10.7 Å². The number of para-hydroxylation sites is 1. The van der Waals surface area contributed by atoms with Crippen LogP contribution >= 0.6 is 11.3 Å². The molecule has 1 fully saturated rings. The van der Waals surface area contributed by atoms with Gasteiger partial charge >= 0.3 is 0 Å². The third-order valence-corrected chi connectivity index (χ3v) is 5.12. The van der Waals surface area contributed by atoms with E-state index in [0.717, 1.165) is 59.3 Å². The zero-order chi connectivity index (χ0) is 15.6. The van der Waals surface area contributed by atoms with Gasteiger partial charge in [0.05, 0.1) is 0 Å². The summed E-state index contributed by atoms with van der Waals surface area (Å²) < 4.78 is 0. The number of benzene rings is 1. The van der Waals surface area contributed by atoms with Gasteiger partial charge in [0.1, 0.15) is 15.4 Å². The Morgan fingerprint density at radius 2 is 2.04 bits per heavy atom. The molecule has 1 aliphatic heterocycles. The van der Waals surface area contributed by atoms with E-state index in [-0.39, 0.29) is 0 Å². The molecule has 0 amide bonds. The quantitative estimate of drug-likeness (QED) is 0.724. The fourth-order valence-corrected chi connectivity index (χ4v) is 3.82. The van der Waals surface area contributed by atoms with E-state index in [9.17, 15) is 0 Å². The molecule has 0 radical (unpaired) electrons. The number of nitrogen functional groups attached to an aromatic ring is 1. The lowest BCUT2D eigenvalue weighted by Crippen LogP contribution is -2.42. The predicted molar refractivity (Wildman–Crippen MR) is 95.4 cm³/mol. The van der Waals surface area contributed by atoms with Crippen LogP contribution in [0.3, 0.4) is 0 Å². The highest BCUT2D eigenvalue weighted by molar-refractivity contribution is 7.21. The minimum Gasteiger partial charge on any atom is -0.398 e. The second-order valence-electron chi connectivity index (χ2n) is 5.80. The number of nitrogens with two attached hydrogens (primary N) is 1. The molecule has 0 aliphatic carbocycles. The van der Waals surface area contributed by atoms with E-state index in [1.54, 1.807) is 11.3 Å². The summed E-state index contributed by atoms with van der Waals surface area (Å²) in [6.45, 7) is 5.22. The number of rotatable bonds is 3. The number of pyridine rings is 1. The third kappa shape index (κ3) is 3.06. The van der Waals surface area contributed by atoms with Crippen molar-refractivity contribution >= 4 is 27.4 Å². The van der Waals surface area contributed by atoms with Gasteiger partial charge in [-0.15, -0.1) is 0 Å². The summed E-state index contributed by atoms with van der Waals surface area (Å²) in [6, 6.07) is 10.00. The van der Waals surface area contributed by atoms with Crippen molar-refractivity contribution in [1.29, 1.82) is 0 Å². The Morgan fingerprint density at radius 1 is 1.22 bits per heavy atom. The molecule has 0 spiro atoms. The molecule has 6 heteroatoms. The van der Waals surface area contributed by atoms with E-state index >= 15 is 0 Å². The fraction of sp³-hybridized carbons (Fsp3) is 0.294. The van der Waals surface area contributed by atoms with Gasteiger partial charge in [0, 0.05) is 50.2 Å². The Hall–Kier alpha value is -2.02. The molecule has 1 aromatic carbocycles. The Kier molecular flexibility index (Phi) is 3.95. The number of piperazine rings is 1. The molecule has 23 heavy (non-hydrogen) atoms. The van der Waals surface area contributed by atoms with Crippen molar-refractivity contribution < 1.29 is 0 Å². The first-order valence-electron chi connectivity index (χ1n) is 7.83. The third-order valence-electron chi connectivity index (χ3n) is 4.11. The molecule has 1 saturated heterocycles. The average Bonchev–Trinajstić information content (AvgIpc) is 2.99. The Bertz CT molecular complexity index is 823. The SMILES string of the molecule is Nc1ccccc1-c1nc2cc(CN3CCNCC3)cnc2s1. The van der Waals surface area contributed by atoms with Crippen molar-refractivity contribution in [2.75, 3.05) is 31.9 Å². The van der Waals surface area contributed by atoms with Crippen LogP contribution in [0.5, 0.6) is 0 Å². The standard InChI is InChI=1S/C17H19N5S/c18-14-4-2-1-3-13(14)16-21-15-9-12(10-20-17(15)23-16)11-22-7-5-19-6-8-22/h1-4,9-10,19H,5-8,11,18H2. The molecule has 3 aromatic rings. The lowest BCUT2D eigenvalue weighted by atomic mass is 10.2. The van der Waals surface area contributed by atoms with Crippen molar-refractivity contribution in [2.45, 2.75) is 6.54 Å². The van der Waals surface area contributed by atoms with Gasteiger partial charge in [0.25, 0.3) is 0 Å². The maximum Gasteiger partial charge on any atom is 0.143 e. The minimum absolute atomic E-state index is 0.757. The van der Waals surface area contributed by atoms with Gasteiger partial charge in [-0.25, -0.2) is 9.97 Å². The lowest BCUT2D eigenvalue weighted by molar-refractivity contribution is 0.233. The van der Waals surface area contributed by atoms with E-state index in [0.29, 0.717) is 0 Å². The van der Waals surface area contributed by atoms with E-state index < -0.39 is 0 Å². The van der Waals surface area contributed by atoms with Gasteiger partial charge < -0.3 is 11.1 Å². The van der Waals surface area contributed by atoms with E-state index in [1.807, 2.05) is 30.5 Å². The number of aromatic nitrogens is 2. The predicted octanol–water partition coefficient (Wildman–Crippen LogP) is 2.35. The minimum atomic E-state index is 0.757. The van der Waals surface area contributed by atoms with Gasteiger partial charge in [0.15, 0.2) is 0 Å². The van der Waals surface area contributed by atoms with Crippen LogP contribution in [0.4, 0.5) is 5.69 Å². The summed E-state index contributed by atoms with van der Waals surface area (Å²) in [7, 11) is 0. The number of nitrogens with zero attached hydrogens (tertiary/aromatic N) is 3. The second-order valence-corrected chi connectivity index (χ2v) is 6.78. The monoisotopic (exact) mass is 325 g/mol. The topological polar surface area (TPSA) is 67.1 Å². The average molecular weight is 325 g/mol. The Labute approximate surface area is 139 Å². The van der Waals surface area contributed by atoms with Gasteiger partial charge in [-0.05, 0) is 23.8 Å². The first kappa shape index (κ1) is 14.6. The zero-order valence-electron chi connectivity index (χ0n) is 12.8. The van der Waals surface area contributed by atoms with Crippen LogP contribution in [-0.4, -0.2) is 41.0 Å². The fourth-order valence-electron chi connectivity index (χ4n) is 2.89. The van der Waals surface area contributed by atoms with Crippen molar-refractivity contribution in [3.05, 3.63) is 42.1 Å². The van der Waals surface area contributed by atoms with Crippen LogP contribution in [0.1, 0.15) is 5.56 Å². The van der Waals surface area contributed by atoms with Crippen LogP contribution in [0.2, 0.25) is 0 Å². The molecule has 0 atom stereocenters. The normalized spacial score (nSPS) is 16.0. The summed E-state index contributed by atoms with van der Waals surface area (Å²) >= 11 is 1.59. The summed E-state index contributed by atoms with van der Waals surface area (Å²) in [5, 5.41) is 4.31. The maximum atomic E-state index is 6.06. The van der Waals surface area contributed by atoms with Gasteiger partial charge in [-0.3, -0.25) is 4.90 Å². The zero-order valence-corrected chi connectivity index (χ0v) is 13.6. The van der Waals surface area contributed by atoms with Crippen LogP contribution in [0.15, 0.2) is 36.5 Å². The van der Waals surface area contributed by atoms with Crippen LogP contribution < -0.4 is 11.1 Å². The summed E-state index contributed by atoms with van der Waals surface area (Å²) in [5.74, 6) is 0. The molecule has 3 heterocycles. The lowest BCUT2D eigenvalue weighted by Gasteiger charge is -2.26. The number of nitrogens with one attached hydrogen (secondary N) is 1. The molecule has 1 aliphatic rings. The highest BCUT2D eigenvalue weighted by atomic mass is 32.1. The van der Waals surface area contributed by atoms with Gasteiger partial charge in [-0.1, -0.05) is 23.5 Å². The molecule has 0 bridgehead atoms. The highest BCUT2D eigenvalue weighted by Crippen LogP contribution is 2.32. The van der Waals surface area contributed by atoms with Crippen molar-refractivity contribution in [3.8, 4) is 10.6 Å². The summed E-state index contributed by atoms with van der Waals surface area (Å²) in [6.07, 6.45) is 1.97. The van der Waals surface area contributed by atoms with E-state index in [2.05, 4.69) is 21.3 Å². The molecular formula is C17H19N5S. The molecule has 0 unspecified atom stereocenters. The van der Waals surface area contributed by atoms with E-state index in [1.165, 1.54) is 5.56 Å². The number of hydrogen-bond acceptors (Lipinski definition) is 6. The largest absolute Gasteiger partial charge is 0.398 e. The molecule has 5 nitrogen and oxygen atoms in total. The van der Waals surface area contributed by atoms with Crippen LogP contribution in [0.25, 0.3) is 20.9 Å². The van der Waals surface area contributed by atoms with Crippen molar-refractivity contribution in [3.63, 3.8) is 0 Å². The number of thiazole rings is 1. The molecule has 3 N–H and O–H groups in total. The Balaban J connectivity index is 1.63. The molecule has 4 rings (SSSR count). The number of anilines is 1. The van der Waals surface area contributed by atoms with Gasteiger partial charge in [-0.2, -0.15) is 0 Å². The van der Waals surface area contributed by atoms with Crippen molar-refractivity contribution in [2.24, 2.45) is 0 Å². The second kappa shape index (κ2) is 6.23. The highest BCUT2D eigenvalue weighted by Gasteiger charge is 2.13. The summed E-state index contributed by atoms with van der Waals surface area (Å²) in [5.41, 5.74) is 9.98. The molecule has 0 saturated carbocycles. The smallest absolute Gasteiger partial charge is 0.143 e. The van der Waals surface area contributed by atoms with Crippen molar-refractivity contribution in [1.82, 2.24) is 20.2 Å². The summed E-state index contributed by atoms with van der Waals surface area (Å²) in [4.78, 5) is 12.7.